The summed E-state index contributed by atoms with van der Waals surface area (Å²) in [5, 5.41) is 7.15. The number of nitrogen functional groups attached to an aromatic ring is 1. The van der Waals surface area contributed by atoms with Gasteiger partial charge in [-0.05, 0) is 19.1 Å². The number of nitrogens with two attached hydrogens (primary N) is 1. The fourth-order valence-electron chi connectivity index (χ4n) is 1.75. The minimum atomic E-state index is -0.518. The molecular weight excluding hydrogens is 282 g/mol. The monoisotopic (exact) mass is 295 g/mol. The van der Waals surface area contributed by atoms with Crippen molar-refractivity contribution in [1.82, 2.24) is 5.16 Å². The fraction of sp³-hybridized carbons (Fsp3) is 0.231. The van der Waals surface area contributed by atoms with Gasteiger partial charge in [0.15, 0.2) is 5.76 Å². The molecule has 1 aromatic carbocycles. The van der Waals surface area contributed by atoms with Crippen LogP contribution in [0.5, 0.6) is 0 Å². The van der Waals surface area contributed by atoms with Crippen LogP contribution in [0.25, 0.3) is 0 Å². The zero-order valence-corrected chi connectivity index (χ0v) is 11.8. The molecule has 2 rings (SSSR count). The molecule has 0 aliphatic carbocycles. The summed E-state index contributed by atoms with van der Waals surface area (Å²) in [5.74, 6) is 0.113. The van der Waals surface area contributed by atoms with E-state index in [1.807, 2.05) is 6.92 Å². The Hall–Kier alpha value is -2.21. The molecule has 0 fully saturated rings. The average molecular weight is 296 g/mol. The third-order valence-electron chi connectivity index (χ3n) is 2.63. The molecule has 1 heterocycles. The van der Waals surface area contributed by atoms with Gasteiger partial charge in [-0.3, -0.25) is 0 Å². The highest BCUT2D eigenvalue weighted by molar-refractivity contribution is 6.34. The van der Waals surface area contributed by atoms with Crippen LogP contribution in [-0.4, -0.2) is 18.2 Å². The molecule has 3 N–H and O–H groups in total. The number of esters is 1. The maximum Gasteiger partial charge on any atom is 0.340 e. The molecule has 0 aliphatic heterocycles. The first-order chi connectivity index (χ1) is 9.51. The van der Waals surface area contributed by atoms with Gasteiger partial charge < -0.3 is 20.3 Å². The molecular formula is C13H14ClN3O3. The predicted molar refractivity (Wildman–Crippen MR) is 75.8 cm³/mol. The van der Waals surface area contributed by atoms with Crippen molar-refractivity contribution in [2.75, 3.05) is 18.2 Å². The smallest absolute Gasteiger partial charge is 0.340 e. The quantitative estimate of drug-likeness (QED) is 0.665. The molecule has 0 saturated heterocycles. The Balaban J connectivity index is 2.27. The number of carbonyl (C=O) groups is 1. The maximum atomic E-state index is 11.7. The zero-order chi connectivity index (χ0) is 14.7. The van der Waals surface area contributed by atoms with Gasteiger partial charge in [0.05, 0.1) is 35.6 Å². The van der Waals surface area contributed by atoms with Crippen molar-refractivity contribution in [2.24, 2.45) is 0 Å². The first-order valence-electron chi connectivity index (χ1n) is 5.84. The lowest BCUT2D eigenvalue weighted by Gasteiger charge is -2.12. The fourth-order valence-corrected chi connectivity index (χ4v) is 2.05. The van der Waals surface area contributed by atoms with Gasteiger partial charge in [-0.1, -0.05) is 16.8 Å². The first kappa shape index (κ1) is 14.2. The maximum absolute atomic E-state index is 11.7. The van der Waals surface area contributed by atoms with Crippen LogP contribution >= 0.6 is 11.6 Å². The Morgan fingerprint density at radius 2 is 2.25 bits per heavy atom. The molecule has 2 aromatic rings. The second-order valence-corrected chi connectivity index (χ2v) is 4.61. The van der Waals surface area contributed by atoms with Crippen LogP contribution in [0.2, 0.25) is 5.02 Å². The van der Waals surface area contributed by atoms with Crippen LogP contribution in [0.4, 0.5) is 11.4 Å². The number of methoxy groups -OCH3 is 1. The van der Waals surface area contributed by atoms with E-state index >= 15 is 0 Å². The van der Waals surface area contributed by atoms with Crippen molar-refractivity contribution in [2.45, 2.75) is 13.5 Å². The number of rotatable bonds is 4. The SMILES string of the molecule is COC(=O)c1cc(N)cc(Cl)c1NCc1cc(C)no1. The summed E-state index contributed by atoms with van der Waals surface area (Å²) in [4.78, 5) is 11.7. The Bertz CT molecular complexity index is 640. The van der Waals surface area contributed by atoms with Gasteiger partial charge >= 0.3 is 5.97 Å². The number of nitrogens with zero attached hydrogens (tertiary/aromatic N) is 1. The Morgan fingerprint density at radius 1 is 1.50 bits per heavy atom. The van der Waals surface area contributed by atoms with Gasteiger partial charge in [0.1, 0.15) is 0 Å². The summed E-state index contributed by atoms with van der Waals surface area (Å²) in [6.07, 6.45) is 0. The highest BCUT2D eigenvalue weighted by atomic mass is 35.5. The molecule has 6 nitrogen and oxygen atoms in total. The molecule has 1 aromatic heterocycles. The van der Waals surface area contributed by atoms with E-state index in [0.717, 1.165) is 5.69 Å². The van der Waals surface area contributed by atoms with E-state index in [-0.39, 0.29) is 5.56 Å². The van der Waals surface area contributed by atoms with E-state index in [2.05, 4.69) is 10.5 Å². The summed E-state index contributed by atoms with van der Waals surface area (Å²) >= 11 is 6.11. The number of hydrogen-bond donors (Lipinski definition) is 2. The molecule has 20 heavy (non-hydrogen) atoms. The van der Waals surface area contributed by atoms with Crippen molar-refractivity contribution >= 4 is 28.9 Å². The van der Waals surface area contributed by atoms with Crippen molar-refractivity contribution < 1.29 is 14.1 Å². The normalized spacial score (nSPS) is 10.3. The Kier molecular flexibility index (Phi) is 4.14. The number of aromatic nitrogens is 1. The van der Waals surface area contributed by atoms with Crippen molar-refractivity contribution in [3.05, 3.63) is 40.2 Å². The van der Waals surface area contributed by atoms with Gasteiger partial charge in [-0.2, -0.15) is 0 Å². The second kappa shape index (κ2) is 5.83. The standard InChI is InChI=1S/C13H14ClN3O3/c1-7-3-9(20-17-7)6-16-12-10(13(18)19-2)4-8(15)5-11(12)14/h3-5,16H,6,15H2,1-2H3. The summed E-state index contributed by atoms with van der Waals surface area (Å²) in [7, 11) is 1.29. The number of anilines is 2. The van der Waals surface area contributed by atoms with E-state index in [1.165, 1.54) is 13.2 Å². The van der Waals surface area contributed by atoms with Gasteiger partial charge in [-0.25, -0.2) is 4.79 Å². The Labute approximate surface area is 120 Å². The zero-order valence-electron chi connectivity index (χ0n) is 11.1. The van der Waals surface area contributed by atoms with Gasteiger partial charge in [-0.15, -0.1) is 0 Å². The van der Waals surface area contributed by atoms with Crippen molar-refractivity contribution in [3.8, 4) is 0 Å². The Morgan fingerprint density at radius 3 is 2.85 bits per heavy atom. The highest BCUT2D eigenvalue weighted by Gasteiger charge is 2.16. The topological polar surface area (TPSA) is 90.4 Å². The number of aryl methyl sites for hydroxylation is 1. The van der Waals surface area contributed by atoms with Crippen LogP contribution in [0.1, 0.15) is 21.8 Å². The van der Waals surface area contributed by atoms with Crippen LogP contribution in [-0.2, 0) is 11.3 Å². The minimum Gasteiger partial charge on any atom is -0.465 e. The van der Waals surface area contributed by atoms with Crippen LogP contribution in [0, 0.1) is 6.92 Å². The summed E-state index contributed by atoms with van der Waals surface area (Å²) in [5.41, 5.74) is 7.56. The van der Waals surface area contributed by atoms with E-state index in [9.17, 15) is 4.79 Å². The molecule has 0 amide bonds. The molecule has 0 spiro atoms. The molecule has 106 valence electrons. The van der Waals surface area contributed by atoms with Crippen molar-refractivity contribution in [1.29, 1.82) is 0 Å². The lowest BCUT2D eigenvalue weighted by Crippen LogP contribution is -2.09. The number of ether oxygens (including phenoxy) is 1. The van der Waals surface area contributed by atoms with Crippen LogP contribution < -0.4 is 11.1 Å². The van der Waals surface area contributed by atoms with Gasteiger partial charge in [0.25, 0.3) is 0 Å². The number of hydrogen-bond acceptors (Lipinski definition) is 6. The first-order valence-corrected chi connectivity index (χ1v) is 6.22. The molecule has 0 radical (unpaired) electrons. The lowest BCUT2D eigenvalue weighted by molar-refractivity contribution is 0.0602. The molecule has 7 heteroatoms. The third kappa shape index (κ3) is 3.03. The number of carbonyl (C=O) groups excluding carboxylic acids is 1. The molecule has 0 saturated carbocycles. The lowest BCUT2D eigenvalue weighted by atomic mass is 10.1. The van der Waals surface area contributed by atoms with E-state index in [1.54, 1.807) is 12.1 Å². The van der Waals surface area contributed by atoms with Crippen LogP contribution in [0.3, 0.4) is 0 Å². The largest absolute Gasteiger partial charge is 0.465 e. The minimum absolute atomic E-state index is 0.272. The number of benzene rings is 1. The molecule has 0 bridgehead atoms. The van der Waals surface area contributed by atoms with E-state index in [4.69, 9.17) is 26.6 Å². The van der Waals surface area contributed by atoms with E-state index < -0.39 is 5.97 Å². The summed E-state index contributed by atoms with van der Waals surface area (Å²) < 4.78 is 9.79. The van der Waals surface area contributed by atoms with Gasteiger partial charge in [0, 0.05) is 11.8 Å². The second-order valence-electron chi connectivity index (χ2n) is 4.21. The molecule has 0 aliphatic rings. The van der Waals surface area contributed by atoms with E-state index in [0.29, 0.717) is 28.7 Å². The number of halogens is 1. The van der Waals surface area contributed by atoms with Gasteiger partial charge in [0.2, 0.25) is 0 Å². The highest BCUT2D eigenvalue weighted by Crippen LogP contribution is 2.30. The van der Waals surface area contributed by atoms with Crippen LogP contribution in [0.15, 0.2) is 22.7 Å². The molecule has 0 unspecified atom stereocenters. The number of nitrogens with one attached hydrogen (secondary N) is 1. The average Bonchev–Trinajstić information content (AvgIpc) is 2.81. The summed E-state index contributed by atoms with van der Waals surface area (Å²) in [6, 6.07) is 4.85. The predicted octanol–water partition coefficient (Wildman–Crippen LogP) is 2.62. The third-order valence-corrected chi connectivity index (χ3v) is 2.93. The van der Waals surface area contributed by atoms with Crippen molar-refractivity contribution in [3.63, 3.8) is 0 Å². The summed E-state index contributed by atoms with van der Waals surface area (Å²) in [6.45, 7) is 2.16. The molecule has 0 atom stereocenters.